The van der Waals surface area contributed by atoms with Gasteiger partial charge in [0, 0.05) is 29.6 Å². The predicted molar refractivity (Wildman–Crippen MR) is 137 cm³/mol. The Morgan fingerprint density at radius 2 is 1.95 bits per heavy atom. The van der Waals surface area contributed by atoms with Gasteiger partial charge in [-0.3, -0.25) is 19.5 Å². The highest BCUT2D eigenvalue weighted by molar-refractivity contribution is 7.81. The Balaban J connectivity index is 1.62. The van der Waals surface area contributed by atoms with Gasteiger partial charge < -0.3 is 10.2 Å². The first-order valence-corrected chi connectivity index (χ1v) is 11.8. The number of hydrogen-bond acceptors (Lipinski definition) is 6. The molecule has 0 unspecified atom stereocenters. The Morgan fingerprint density at radius 3 is 2.55 bits per heavy atom. The smallest absolute Gasteiger partial charge is 0.348 e. The van der Waals surface area contributed by atoms with E-state index in [1.165, 1.54) is 17.2 Å². The molecular formula is C25H18ClF3N6O2S. The van der Waals surface area contributed by atoms with Gasteiger partial charge in [-0.15, -0.1) is 0 Å². The zero-order valence-corrected chi connectivity index (χ0v) is 21.4. The minimum Gasteiger partial charge on any atom is -0.348 e. The van der Waals surface area contributed by atoms with Crippen LogP contribution in [0.15, 0.2) is 55.0 Å². The number of rotatable bonds is 5. The lowest BCUT2D eigenvalue weighted by molar-refractivity contribution is -0.138. The maximum Gasteiger partial charge on any atom is 0.419 e. The predicted octanol–water partition coefficient (Wildman–Crippen LogP) is 4.87. The SMILES string of the molecule is CC1(C)C(=O)N(c2cnc(C#N)c(C(F)(F)F)c2)C(=S)N1c1ccc(CNC(=O)c2cccnc2)c(Cl)c1. The molecule has 194 valence electrons. The molecule has 0 spiro atoms. The topological polar surface area (TPSA) is 102 Å². The van der Waals surface area contributed by atoms with Crippen molar-refractivity contribution in [2.75, 3.05) is 9.80 Å². The molecule has 0 radical (unpaired) electrons. The lowest BCUT2D eigenvalue weighted by atomic mass is 10.0. The standard InChI is InChI=1S/C25H18ClF3N6O2S/c1-24(2)22(37)34(17-8-18(25(27,28)29)20(10-30)32-13-17)23(38)35(24)16-6-5-14(19(26)9-16)12-33-21(36)15-4-3-7-31-11-15/h3-9,11,13H,12H2,1-2H3,(H,33,36). The summed E-state index contributed by atoms with van der Waals surface area (Å²) >= 11 is 12.0. The molecule has 0 bridgehead atoms. The summed E-state index contributed by atoms with van der Waals surface area (Å²) in [7, 11) is 0. The summed E-state index contributed by atoms with van der Waals surface area (Å²) in [5, 5.41) is 12.0. The normalized spacial score (nSPS) is 15.0. The van der Waals surface area contributed by atoms with Gasteiger partial charge in [0.2, 0.25) is 0 Å². The van der Waals surface area contributed by atoms with E-state index < -0.39 is 28.9 Å². The molecule has 1 fully saturated rings. The number of carbonyl (C=O) groups is 2. The van der Waals surface area contributed by atoms with Crippen LogP contribution in [-0.4, -0.2) is 32.4 Å². The Morgan fingerprint density at radius 1 is 1.21 bits per heavy atom. The van der Waals surface area contributed by atoms with Gasteiger partial charge in [0.25, 0.3) is 11.8 Å². The monoisotopic (exact) mass is 558 g/mol. The number of aromatic nitrogens is 2. The Hall–Kier alpha value is -4.08. The van der Waals surface area contributed by atoms with E-state index in [1.807, 2.05) is 0 Å². The van der Waals surface area contributed by atoms with Crippen molar-refractivity contribution in [3.05, 3.63) is 82.4 Å². The summed E-state index contributed by atoms with van der Waals surface area (Å²) in [6.45, 7) is 3.25. The lowest BCUT2D eigenvalue weighted by Gasteiger charge is -2.29. The van der Waals surface area contributed by atoms with E-state index in [0.29, 0.717) is 22.9 Å². The van der Waals surface area contributed by atoms with Crippen LogP contribution >= 0.6 is 23.8 Å². The van der Waals surface area contributed by atoms with Crippen LogP contribution in [0.4, 0.5) is 24.5 Å². The molecular weight excluding hydrogens is 541 g/mol. The van der Waals surface area contributed by atoms with Crippen molar-refractivity contribution >= 4 is 52.1 Å². The molecule has 3 aromatic rings. The second kappa shape index (κ2) is 10.00. The minimum atomic E-state index is -4.86. The third-order valence-corrected chi connectivity index (χ3v) is 6.59. The van der Waals surface area contributed by atoms with Gasteiger partial charge in [-0.1, -0.05) is 17.7 Å². The van der Waals surface area contributed by atoms with Crippen molar-refractivity contribution in [1.82, 2.24) is 15.3 Å². The first-order valence-electron chi connectivity index (χ1n) is 11.0. The van der Waals surface area contributed by atoms with Crippen LogP contribution in [0.5, 0.6) is 0 Å². The highest BCUT2D eigenvalue weighted by Gasteiger charge is 2.51. The highest BCUT2D eigenvalue weighted by atomic mass is 35.5. The fraction of sp³-hybridized carbons (Fsp3) is 0.200. The van der Waals surface area contributed by atoms with Crippen LogP contribution < -0.4 is 15.1 Å². The molecule has 13 heteroatoms. The van der Waals surface area contributed by atoms with Crippen LogP contribution in [0.2, 0.25) is 5.02 Å². The van der Waals surface area contributed by atoms with Gasteiger partial charge in [0.15, 0.2) is 10.8 Å². The third kappa shape index (κ3) is 4.90. The van der Waals surface area contributed by atoms with Gasteiger partial charge in [-0.2, -0.15) is 18.4 Å². The molecule has 1 N–H and O–H groups in total. The molecule has 0 aliphatic carbocycles. The average Bonchev–Trinajstić information content (AvgIpc) is 3.05. The van der Waals surface area contributed by atoms with Crippen molar-refractivity contribution in [2.45, 2.75) is 32.1 Å². The molecule has 3 heterocycles. The zero-order chi connectivity index (χ0) is 27.8. The summed E-state index contributed by atoms with van der Waals surface area (Å²) < 4.78 is 40.5. The van der Waals surface area contributed by atoms with Gasteiger partial charge >= 0.3 is 6.18 Å². The average molecular weight is 559 g/mol. The number of nitriles is 1. The number of nitrogens with one attached hydrogen (secondary N) is 1. The van der Waals surface area contributed by atoms with Gasteiger partial charge in [0.1, 0.15) is 11.6 Å². The van der Waals surface area contributed by atoms with Crippen LogP contribution in [0.3, 0.4) is 0 Å². The molecule has 8 nitrogen and oxygen atoms in total. The molecule has 1 saturated heterocycles. The van der Waals surface area contributed by atoms with Crippen molar-refractivity contribution in [1.29, 1.82) is 5.26 Å². The maximum absolute atomic E-state index is 13.5. The Bertz CT molecular complexity index is 1490. The van der Waals surface area contributed by atoms with E-state index in [0.717, 1.165) is 11.1 Å². The van der Waals surface area contributed by atoms with Gasteiger partial charge in [-0.05, 0) is 62.0 Å². The molecule has 1 aliphatic heterocycles. The first-order chi connectivity index (χ1) is 17.9. The second-order valence-corrected chi connectivity index (χ2v) is 9.49. The van der Waals surface area contributed by atoms with Crippen molar-refractivity contribution < 1.29 is 22.8 Å². The summed E-state index contributed by atoms with van der Waals surface area (Å²) in [5.41, 5.74) is -2.21. The third-order valence-electron chi connectivity index (χ3n) is 5.87. The summed E-state index contributed by atoms with van der Waals surface area (Å²) in [6.07, 6.45) is -0.877. The number of carbonyl (C=O) groups excluding carboxylic acids is 2. The number of anilines is 2. The van der Waals surface area contributed by atoms with Crippen LogP contribution in [0.1, 0.15) is 41.0 Å². The van der Waals surface area contributed by atoms with E-state index in [2.05, 4.69) is 15.3 Å². The highest BCUT2D eigenvalue weighted by Crippen LogP contribution is 2.39. The van der Waals surface area contributed by atoms with Crippen LogP contribution in [0, 0.1) is 11.3 Å². The van der Waals surface area contributed by atoms with E-state index in [9.17, 15) is 22.8 Å². The minimum absolute atomic E-state index is 0.0895. The van der Waals surface area contributed by atoms with Crippen molar-refractivity contribution in [2.24, 2.45) is 0 Å². The van der Waals surface area contributed by atoms with E-state index in [1.54, 1.807) is 50.4 Å². The molecule has 1 aromatic carbocycles. The summed E-state index contributed by atoms with van der Waals surface area (Å²) in [5.74, 6) is -0.929. The Labute approximate surface area is 225 Å². The first kappa shape index (κ1) is 27.0. The van der Waals surface area contributed by atoms with E-state index >= 15 is 0 Å². The fourth-order valence-electron chi connectivity index (χ4n) is 3.93. The maximum atomic E-state index is 13.5. The number of pyridine rings is 2. The van der Waals surface area contributed by atoms with Crippen molar-refractivity contribution in [3.63, 3.8) is 0 Å². The summed E-state index contributed by atoms with van der Waals surface area (Å²) in [4.78, 5) is 35.6. The summed E-state index contributed by atoms with van der Waals surface area (Å²) in [6, 6.07) is 10.2. The fourth-order valence-corrected chi connectivity index (χ4v) is 4.69. The number of nitrogens with zero attached hydrogens (tertiary/aromatic N) is 5. The van der Waals surface area contributed by atoms with Gasteiger partial charge in [-0.25, -0.2) is 4.98 Å². The molecule has 38 heavy (non-hydrogen) atoms. The molecule has 2 amide bonds. The largest absolute Gasteiger partial charge is 0.419 e. The van der Waals surface area contributed by atoms with Crippen molar-refractivity contribution in [3.8, 4) is 6.07 Å². The number of alkyl halides is 3. The molecule has 4 rings (SSSR count). The molecule has 2 aromatic heterocycles. The second-order valence-electron chi connectivity index (χ2n) is 8.72. The Kier molecular flexibility index (Phi) is 7.10. The quantitative estimate of drug-likeness (QED) is 0.446. The number of thiocarbonyl (C=S) groups is 1. The van der Waals surface area contributed by atoms with Gasteiger partial charge in [0.05, 0.1) is 23.0 Å². The zero-order valence-electron chi connectivity index (χ0n) is 19.9. The number of benzene rings is 1. The number of hydrogen-bond donors (Lipinski definition) is 1. The number of amides is 2. The molecule has 0 saturated carbocycles. The number of halogens is 4. The lowest BCUT2D eigenvalue weighted by Crippen LogP contribution is -2.44. The molecule has 0 atom stereocenters. The van der Waals surface area contributed by atoms with E-state index in [4.69, 9.17) is 29.1 Å². The van der Waals surface area contributed by atoms with Crippen LogP contribution in [-0.2, 0) is 17.5 Å². The van der Waals surface area contributed by atoms with Crippen LogP contribution in [0.25, 0.3) is 0 Å². The molecule has 1 aliphatic rings. The van der Waals surface area contributed by atoms with E-state index in [-0.39, 0.29) is 28.3 Å².